The van der Waals surface area contributed by atoms with Gasteiger partial charge in [0.2, 0.25) is 5.88 Å². The molecule has 0 radical (unpaired) electrons. The zero-order valence-electron chi connectivity index (χ0n) is 17.3. The van der Waals surface area contributed by atoms with Crippen molar-refractivity contribution >= 4 is 22.8 Å². The summed E-state index contributed by atoms with van der Waals surface area (Å²) in [5, 5.41) is 33.2. The van der Waals surface area contributed by atoms with Crippen LogP contribution in [-0.2, 0) is 4.74 Å². The van der Waals surface area contributed by atoms with Crippen molar-refractivity contribution < 1.29 is 24.8 Å². The van der Waals surface area contributed by atoms with E-state index >= 15 is 0 Å². The van der Waals surface area contributed by atoms with E-state index in [9.17, 15) is 15.3 Å². The van der Waals surface area contributed by atoms with Gasteiger partial charge in [0.15, 0.2) is 23.2 Å². The van der Waals surface area contributed by atoms with E-state index < -0.39 is 31.1 Å². The van der Waals surface area contributed by atoms with Gasteiger partial charge in [0.25, 0.3) is 0 Å². The van der Waals surface area contributed by atoms with Crippen molar-refractivity contribution in [3.8, 4) is 5.88 Å². The smallest absolute Gasteiger partial charge is 0.218 e. The zero-order chi connectivity index (χ0) is 22.2. The second-order valence-corrected chi connectivity index (χ2v) is 7.77. The van der Waals surface area contributed by atoms with Crippen LogP contribution >= 0.6 is 0 Å². The Morgan fingerprint density at radius 1 is 1.16 bits per heavy atom. The molecule has 2 fully saturated rings. The molecule has 5 rings (SSSR count). The predicted octanol–water partition coefficient (Wildman–Crippen LogP) is -1.07. The number of fused-ring (bicyclic) bond motifs is 1. The highest BCUT2D eigenvalue weighted by atomic mass is 16.6. The molecular formula is C19H24N8O5. The van der Waals surface area contributed by atoms with E-state index in [1.165, 1.54) is 19.0 Å². The zero-order valence-corrected chi connectivity index (χ0v) is 17.3. The molecule has 0 bridgehead atoms. The standard InChI is InChI=1S/C19H24N8O5/c1-31-13-4-12(20-7-21-13)26-3-2-10(5-26)25-17-14-18(23-8-22-17)27(9-24-14)19-16(30)15(29)11(6-28)32-19/h4,7-11,15-16,19,28-30H,2-3,5-6H2,1H3,(H,22,23,25)/t10-,11+,15+,16+,19+/m0/s1. The number of hydrogen-bond acceptors (Lipinski definition) is 12. The van der Waals surface area contributed by atoms with Gasteiger partial charge >= 0.3 is 0 Å². The van der Waals surface area contributed by atoms with Crippen LogP contribution in [0.4, 0.5) is 11.6 Å². The molecular weight excluding hydrogens is 420 g/mol. The summed E-state index contributed by atoms with van der Waals surface area (Å²) >= 11 is 0. The van der Waals surface area contributed by atoms with Gasteiger partial charge in [-0.15, -0.1) is 0 Å². The molecule has 170 valence electrons. The number of ether oxygens (including phenoxy) is 2. The Morgan fingerprint density at radius 3 is 2.78 bits per heavy atom. The second-order valence-electron chi connectivity index (χ2n) is 7.77. The maximum Gasteiger partial charge on any atom is 0.218 e. The maximum absolute atomic E-state index is 10.3. The Hall–Kier alpha value is -3.13. The van der Waals surface area contributed by atoms with Crippen molar-refractivity contribution in [2.75, 3.05) is 37.0 Å². The largest absolute Gasteiger partial charge is 0.481 e. The molecule has 0 spiro atoms. The van der Waals surface area contributed by atoms with Crippen molar-refractivity contribution in [2.45, 2.75) is 37.0 Å². The Labute approximate surface area is 182 Å². The van der Waals surface area contributed by atoms with Gasteiger partial charge in [0, 0.05) is 25.2 Å². The summed E-state index contributed by atoms with van der Waals surface area (Å²) in [6, 6.07) is 1.90. The molecule has 5 heterocycles. The van der Waals surface area contributed by atoms with Gasteiger partial charge in [0.1, 0.15) is 36.8 Å². The summed E-state index contributed by atoms with van der Waals surface area (Å²) in [5.74, 6) is 1.87. The summed E-state index contributed by atoms with van der Waals surface area (Å²) in [6.07, 6.45) is 1.03. The molecule has 32 heavy (non-hydrogen) atoms. The lowest BCUT2D eigenvalue weighted by Crippen LogP contribution is -2.33. The van der Waals surface area contributed by atoms with Crippen LogP contribution in [0.25, 0.3) is 11.2 Å². The fraction of sp³-hybridized carbons (Fsp3) is 0.526. The maximum atomic E-state index is 10.3. The van der Waals surface area contributed by atoms with E-state index in [1.54, 1.807) is 17.7 Å². The Balaban J connectivity index is 1.34. The number of anilines is 2. The summed E-state index contributed by atoms with van der Waals surface area (Å²) < 4.78 is 12.3. The average Bonchev–Trinajstić information content (AvgIpc) is 3.53. The van der Waals surface area contributed by atoms with E-state index in [2.05, 4.69) is 35.1 Å². The van der Waals surface area contributed by atoms with E-state index in [0.717, 1.165) is 18.8 Å². The molecule has 4 N–H and O–H groups in total. The minimum atomic E-state index is -1.22. The Bertz CT molecular complexity index is 1100. The third kappa shape index (κ3) is 3.58. The van der Waals surface area contributed by atoms with Crippen molar-refractivity contribution in [1.82, 2.24) is 29.5 Å². The number of rotatable bonds is 6. The first kappa shape index (κ1) is 20.8. The number of nitrogens with one attached hydrogen (secondary N) is 1. The van der Waals surface area contributed by atoms with E-state index in [0.29, 0.717) is 29.4 Å². The van der Waals surface area contributed by atoms with Crippen LogP contribution < -0.4 is 15.0 Å². The molecule has 0 saturated carbocycles. The van der Waals surface area contributed by atoms with Crippen molar-refractivity contribution in [3.05, 3.63) is 25.0 Å². The van der Waals surface area contributed by atoms with Gasteiger partial charge in [-0.1, -0.05) is 0 Å². The van der Waals surface area contributed by atoms with Crippen LogP contribution in [0.2, 0.25) is 0 Å². The van der Waals surface area contributed by atoms with Gasteiger partial charge < -0.3 is 35.0 Å². The third-order valence-corrected chi connectivity index (χ3v) is 5.84. The Kier molecular flexibility index (Phi) is 5.46. The van der Waals surface area contributed by atoms with Crippen molar-refractivity contribution in [1.29, 1.82) is 0 Å². The average molecular weight is 444 g/mol. The molecule has 2 saturated heterocycles. The third-order valence-electron chi connectivity index (χ3n) is 5.84. The lowest BCUT2D eigenvalue weighted by molar-refractivity contribution is -0.0511. The van der Waals surface area contributed by atoms with Crippen LogP contribution in [-0.4, -0.2) is 96.0 Å². The monoisotopic (exact) mass is 444 g/mol. The summed E-state index contributed by atoms with van der Waals surface area (Å²) in [6.45, 7) is 1.11. The molecule has 0 amide bonds. The first-order valence-corrected chi connectivity index (χ1v) is 10.3. The molecule has 0 aliphatic carbocycles. The van der Waals surface area contributed by atoms with Crippen LogP contribution in [0, 0.1) is 0 Å². The van der Waals surface area contributed by atoms with Crippen LogP contribution in [0.3, 0.4) is 0 Å². The highest BCUT2D eigenvalue weighted by molar-refractivity contribution is 5.83. The SMILES string of the molecule is COc1cc(N2CC[C@H](Nc3ncnc4c3ncn4[C@@H]3O[C@H](CO)[C@@H](O)[C@H]3O)C2)ncn1. The minimum absolute atomic E-state index is 0.105. The lowest BCUT2D eigenvalue weighted by atomic mass is 10.1. The van der Waals surface area contributed by atoms with Gasteiger partial charge in [-0.05, 0) is 6.42 Å². The molecule has 2 aliphatic rings. The highest BCUT2D eigenvalue weighted by Gasteiger charge is 2.44. The molecule has 2 aliphatic heterocycles. The van der Waals surface area contributed by atoms with Crippen LogP contribution in [0.15, 0.2) is 25.0 Å². The molecule has 13 nitrogen and oxygen atoms in total. The molecule has 13 heteroatoms. The topological polar surface area (TPSA) is 164 Å². The second kappa shape index (κ2) is 8.43. The van der Waals surface area contributed by atoms with Gasteiger partial charge in [-0.2, -0.15) is 0 Å². The number of imidazole rings is 1. The number of aliphatic hydroxyl groups is 3. The summed E-state index contributed by atoms with van der Waals surface area (Å²) in [5.41, 5.74) is 0.972. The van der Waals surface area contributed by atoms with Crippen molar-refractivity contribution in [3.63, 3.8) is 0 Å². The quantitative estimate of drug-likeness (QED) is 0.364. The van der Waals surface area contributed by atoms with Crippen molar-refractivity contribution in [2.24, 2.45) is 0 Å². The number of hydrogen-bond donors (Lipinski definition) is 4. The highest BCUT2D eigenvalue weighted by Crippen LogP contribution is 2.32. The molecule has 5 atom stereocenters. The molecule has 0 unspecified atom stereocenters. The predicted molar refractivity (Wildman–Crippen MR) is 111 cm³/mol. The fourth-order valence-electron chi connectivity index (χ4n) is 4.15. The first-order chi connectivity index (χ1) is 15.6. The van der Waals surface area contributed by atoms with Crippen LogP contribution in [0.1, 0.15) is 12.6 Å². The number of nitrogens with zero attached hydrogens (tertiary/aromatic N) is 7. The van der Waals surface area contributed by atoms with Gasteiger partial charge in [-0.3, -0.25) is 4.57 Å². The molecule has 3 aromatic rings. The first-order valence-electron chi connectivity index (χ1n) is 10.3. The van der Waals surface area contributed by atoms with Gasteiger partial charge in [0.05, 0.1) is 20.0 Å². The number of methoxy groups -OCH3 is 1. The van der Waals surface area contributed by atoms with E-state index in [1.807, 2.05) is 0 Å². The Morgan fingerprint density at radius 2 is 2.00 bits per heavy atom. The van der Waals surface area contributed by atoms with Crippen LogP contribution in [0.5, 0.6) is 5.88 Å². The summed E-state index contributed by atoms with van der Waals surface area (Å²) in [4.78, 5) is 23.5. The normalized spacial score (nSPS) is 27.9. The van der Waals surface area contributed by atoms with E-state index in [4.69, 9.17) is 9.47 Å². The minimum Gasteiger partial charge on any atom is -0.481 e. The van der Waals surface area contributed by atoms with Gasteiger partial charge in [-0.25, -0.2) is 24.9 Å². The fourth-order valence-corrected chi connectivity index (χ4v) is 4.15. The lowest BCUT2D eigenvalue weighted by Gasteiger charge is -2.18. The number of aromatic nitrogens is 6. The van der Waals surface area contributed by atoms with E-state index in [-0.39, 0.29) is 6.04 Å². The molecule has 3 aromatic heterocycles. The number of aliphatic hydroxyl groups excluding tert-OH is 3. The summed E-state index contributed by atoms with van der Waals surface area (Å²) in [7, 11) is 1.57. The molecule has 0 aromatic carbocycles.